The van der Waals surface area contributed by atoms with Gasteiger partial charge >= 0.3 is 0 Å². The van der Waals surface area contributed by atoms with Crippen molar-refractivity contribution in [3.8, 4) is 0 Å². The van der Waals surface area contributed by atoms with Gasteiger partial charge in [-0.25, -0.2) is 5.90 Å². The minimum Gasteiger partial charge on any atom is -0.300 e. The summed E-state index contributed by atoms with van der Waals surface area (Å²) >= 11 is 0. The standard InChI is InChI=1S/C9H13NO/c1-2-8-4-3-5-9(6-8)7-11-10/h3-6H,2,7,10H2,1H3. The molecule has 60 valence electrons. The molecule has 0 heterocycles. The van der Waals surface area contributed by atoms with Crippen molar-refractivity contribution < 1.29 is 4.84 Å². The van der Waals surface area contributed by atoms with Crippen molar-refractivity contribution in [1.82, 2.24) is 0 Å². The van der Waals surface area contributed by atoms with E-state index in [1.165, 1.54) is 5.56 Å². The summed E-state index contributed by atoms with van der Waals surface area (Å²) in [6.45, 7) is 2.62. The highest BCUT2D eigenvalue weighted by Gasteiger charge is 1.92. The molecule has 0 bridgehead atoms. The Hall–Kier alpha value is -0.860. The molecule has 0 saturated heterocycles. The molecule has 1 aromatic carbocycles. The van der Waals surface area contributed by atoms with Crippen molar-refractivity contribution in [3.63, 3.8) is 0 Å². The van der Waals surface area contributed by atoms with Crippen LogP contribution in [0.4, 0.5) is 0 Å². The van der Waals surface area contributed by atoms with E-state index < -0.39 is 0 Å². The maximum absolute atomic E-state index is 4.95. The Morgan fingerprint density at radius 1 is 1.36 bits per heavy atom. The van der Waals surface area contributed by atoms with E-state index in [4.69, 9.17) is 5.90 Å². The molecule has 0 aliphatic carbocycles. The van der Waals surface area contributed by atoms with Gasteiger partial charge < -0.3 is 0 Å². The number of hydrogen-bond donors (Lipinski definition) is 1. The normalized spacial score (nSPS) is 10.0. The molecule has 0 saturated carbocycles. The Morgan fingerprint density at radius 2 is 2.09 bits per heavy atom. The van der Waals surface area contributed by atoms with E-state index in [1.54, 1.807) is 0 Å². The second kappa shape index (κ2) is 4.11. The summed E-state index contributed by atoms with van der Waals surface area (Å²) in [7, 11) is 0. The van der Waals surface area contributed by atoms with Crippen LogP contribution in [0.5, 0.6) is 0 Å². The minimum atomic E-state index is 0.494. The van der Waals surface area contributed by atoms with Crippen LogP contribution in [0.15, 0.2) is 24.3 Å². The van der Waals surface area contributed by atoms with Gasteiger partial charge in [0.1, 0.15) is 0 Å². The van der Waals surface area contributed by atoms with Gasteiger partial charge in [0.2, 0.25) is 0 Å². The molecule has 0 aromatic heterocycles. The van der Waals surface area contributed by atoms with Gasteiger partial charge in [-0.2, -0.15) is 0 Å². The third-order valence-electron chi connectivity index (χ3n) is 1.65. The predicted octanol–water partition coefficient (Wildman–Crippen LogP) is 1.64. The molecule has 2 N–H and O–H groups in total. The highest BCUT2D eigenvalue weighted by molar-refractivity contribution is 5.22. The van der Waals surface area contributed by atoms with Crippen molar-refractivity contribution in [3.05, 3.63) is 35.4 Å². The van der Waals surface area contributed by atoms with Gasteiger partial charge in [0.05, 0.1) is 6.61 Å². The summed E-state index contributed by atoms with van der Waals surface area (Å²) in [5.41, 5.74) is 2.45. The zero-order chi connectivity index (χ0) is 8.10. The second-order valence-electron chi connectivity index (χ2n) is 2.48. The summed E-state index contributed by atoms with van der Waals surface area (Å²) in [6, 6.07) is 8.23. The highest BCUT2D eigenvalue weighted by atomic mass is 16.6. The van der Waals surface area contributed by atoms with Gasteiger partial charge in [-0.3, -0.25) is 4.84 Å². The Bertz CT molecular complexity index is 223. The number of rotatable bonds is 3. The molecule has 1 aromatic rings. The largest absolute Gasteiger partial charge is 0.300 e. The molecule has 0 atom stereocenters. The number of aryl methyl sites for hydroxylation is 1. The van der Waals surface area contributed by atoms with E-state index >= 15 is 0 Å². The quantitative estimate of drug-likeness (QED) is 0.666. The minimum absolute atomic E-state index is 0.494. The smallest absolute Gasteiger partial charge is 0.0930 e. The van der Waals surface area contributed by atoms with Crippen LogP contribution in [0.1, 0.15) is 18.1 Å². The Kier molecular flexibility index (Phi) is 3.08. The average Bonchev–Trinajstić information content (AvgIpc) is 2.06. The van der Waals surface area contributed by atoms with Gasteiger partial charge in [0, 0.05) is 0 Å². The van der Waals surface area contributed by atoms with E-state index in [-0.39, 0.29) is 0 Å². The average molecular weight is 151 g/mol. The maximum Gasteiger partial charge on any atom is 0.0930 e. The lowest BCUT2D eigenvalue weighted by Gasteiger charge is -2.00. The van der Waals surface area contributed by atoms with Gasteiger partial charge in [0.15, 0.2) is 0 Å². The van der Waals surface area contributed by atoms with E-state index in [1.807, 2.05) is 12.1 Å². The van der Waals surface area contributed by atoms with E-state index in [0.717, 1.165) is 12.0 Å². The number of nitrogens with two attached hydrogens (primary N) is 1. The van der Waals surface area contributed by atoms with Crippen LogP contribution in [0.25, 0.3) is 0 Å². The second-order valence-corrected chi connectivity index (χ2v) is 2.48. The van der Waals surface area contributed by atoms with Gasteiger partial charge in [-0.05, 0) is 17.5 Å². The zero-order valence-electron chi connectivity index (χ0n) is 6.71. The lowest BCUT2D eigenvalue weighted by Crippen LogP contribution is -1.98. The van der Waals surface area contributed by atoms with Gasteiger partial charge in [-0.15, -0.1) is 0 Å². The van der Waals surface area contributed by atoms with E-state index in [9.17, 15) is 0 Å². The lowest BCUT2D eigenvalue weighted by atomic mass is 10.1. The first-order valence-corrected chi connectivity index (χ1v) is 3.76. The Labute approximate surface area is 66.9 Å². The first kappa shape index (κ1) is 8.24. The van der Waals surface area contributed by atoms with Gasteiger partial charge in [0.25, 0.3) is 0 Å². The fraction of sp³-hybridized carbons (Fsp3) is 0.333. The highest BCUT2D eigenvalue weighted by Crippen LogP contribution is 2.05. The number of benzene rings is 1. The van der Waals surface area contributed by atoms with Crippen molar-refractivity contribution in [2.24, 2.45) is 5.90 Å². The summed E-state index contributed by atoms with van der Waals surface area (Å²) in [4.78, 5) is 4.53. The molecule has 2 heteroatoms. The molecule has 0 aliphatic heterocycles. The fourth-order valence-corrected chi connectivity index (χ4v) is 1.04. The molecule has 1 rings (SSSR count). The van der Waals surface area contributed by atoms with Crippen LogP contribution < -0.4 is 5.90 Å². The van der Waals surface area contributed by atoms with Crippen LogP contribution in [-0.4, -0.2) is 0 Å². The van der Waals surface area contributed by atoms with Crippen molar-refractivity contribution >= 4 is 0 Å². The van der Waals surface area contributed by atoms with Crippen LogP contribution in [-0.2, 0) is 17.9 Å². The molecule has 0 amide bonds. The summed E-state index contributed by atoms with van der Waals surface area (Å²) in [5.74, 6) is 4.95. The maximum atomic E-state index is 4.95. The molecule has 0 unspecified atom stereocenters. The van der Waals surface area contributed by atoms with E-state index in [0.29, 0.717) is 6.61 Å². The molecule has 0 aliphatic rings. The molecule has 2 nitrogen and oxygen atoms in total. The first-order valence-electron chi connectivity index (χ1n) is 3.76. The third kappa shape index (κ3) is 2.33. The van der Waals surface area contributed by atoms with Crippen LogP contribution in [0.3, 0.4) is 0 Å². The molecule has 0 fully saturated rings. The topological polar surface area (TPSA) is 35.2 Å². The molecule has 11 heavy (non-hydrogen) atoms. The lowest BCUT2D eigenvalue weighted by molar-refractivity contribution is 0.124. The molecule has 0 radical (unpaired) electrons. The SMILES string of the molecule is CCc1cccc(CON)c1. The Balaban J connectivity index is 2.74. The zero-order valence-corrected chi connectivity index (χ0v) is 6.71. The van der Waals surface area contributed by atoms with Crippen molar-refractivity contribution in [2.45, 2.75) is 20.0 Å². The number of hydrogen-bond acceptors (Lipinski definition) is 2. The molecular weight excluding hydrogens is 138 g/mol. The fourth-order valence-electron chi connectivity index (χ4n) is 1.04. The Morgan fingerprint density at radius 3 is 2.73 bits per heavy atom. The monoisotopic (exact) mass is 151 g/mol. The summed E-state index contributed by atoms with van der Waals surface area (Å²) < 4.78 is 0. The van der Waals surface area contributed by atoms with E-state index in [2.05, 4.69) is 23.9 Å². The van der Waals surface area contributed by atoms with Crippen LogP contribution >= 0.6 is 0 Å². The predicted molar refractivity (Wildman–Crippen MR) is 44.8 cm³/mol. The third-order valence-corrected chi connectivity index (χ3v) is 1.65. The first-order chi connectivity index (χ1) is 5.36. The van der Waals surface area contributed by atoms with Crippen molar-refractivity contribution in [2.75, 3.05) is 0 Å². The van der Waals surface area contributed by atoms with Crippen molar-refractivity contribution in [1.29, 1.82) is 0 Å². The van der Waals surface area contributed by atoms with Crippen LogP contribution in [0, 0.1) is 0 Å². The summed E-state index contributed by atoms with van der Waals surface area (Å²) in [5, 5.41) is 0. The van der Waals surface area contributed by atoms with Crippen LogP contribution in [0.2, 0.25) is 0 Å². The molecule has 0 spiro atoms. The van der Waals surface area contributed by atoms with Gasteiger partial charge in [-0.1, -0.05) is 31.2 Å². The summed E-state index contributed by atoms with van der Waals surface area (Å²) in [6.07, 6.45) is 1.05. The molecular formula is C9H13NO.